The highest BCUT2D eigenvalue weighted by Gasteiger charge is 2.07. The molecule has 2 aromatic rings. The Hall–Kier alpha value is -1.75. The lowest BCUT2D eigenvalue weighted by molar-refractivity contribution is 0.335. The highest BCUT2D eigenvalue weighted by Crippen LogP contribution is 2.22. The minimum atomic E-state index is -0.0765. The summed E-state index contributed by atoms with van der Waals surface area (Å²) >= 11 is 3.23. The number of ether oxygens (including phenoxy) is 1. The second kappa shape index (κ2) is 5.93. The second-order valence-electron chi connectivity index (χ2n) is 4.09. The Bertz CT molecular complexity index is 638. The van der Waals surface area contributed by atoms with Gasteiger partial charge in [-0.1, -0.05) is 0 Å². The number of anilines is 1. The number of benzene rings is 1. The van der Waals surface area contributed by atoms with Crippen LogP contribution in [0.3, 0.4) is 0 Å². The van der Waals surface area contributed by atoms with Crippen molar-refractivity contribution in [3.63, 3.8) is 0 Å². The highest BCUT2D eigenvalue weighted by molar-refractivity contribution is 9.10. The Labute approximate surface area is 119 Å². The van der Waals surface area contributed by atoms with E-state index in [9.17, 15) is 4.79 Å². The average Bonchev–Trinajstić information content (AvgIpc) is 2.38. The molecule has 0 bridgehead atoms. The lowest BCUT2D eigenvalue weighted by Crippen LogP contribution is -2.20. The van der Waals surface area contributed by atoms with Crippen molar-refractivity contribution in [2.75, 3.05) is 12.3 Å². The van der Waals surface area contributed by atoms with E-state index in [1.165, 1.54) is 0 Å². The van der Waals surface area contributed by atoms with Gasteiger partial charge in [0.05, 0.1) is 17.6 Å². The van der Waals surface area contributed by atoms with E-state index in [1.807, 2.05) is 25.1 Å². The summed E-state index contributed by atoms with van der Waals surface area (Å²) in [6, 6.07) is 8.99. The molecule has 0 atom stereocenters. The molecule has 0 fully saturated rings. The Morgan fingerprint density at radius 2 is 2.16 bits per heavy atom. The molecule has 0 saturated heterocycles. The second-order valence-corrected chi connectivity index (χ2v) is 4.94. The molecule has 0 saturated carbocycles. The quantitative estimate of drug-likeness (QED) is 0.880. The number of nitrogens with zero attached hydrogens (tertiary/aromatic N) is 1. The third-order valence-electron chi connectivity index (χ3n) is 2.70. The molecule has 0 aliphatic carbocycles. The van der Waals surface area contributed by atoms with Crippen LogP contribution in [0, 0.1) is 0 Å². The zero-order valence-electron chi connectivity index (χ0n) is 10.6. The Morgan fingerprint density at radius 3 is 2.89 bits per heavy atom. The van der Waals surface area contributed by atoms with Crippen molar-refractivity contribution in [3.05, 3.63) is 56.9 Å². The van der Waals surface area contributed by atoms with E-state index in [0.717, 1.165) is 11.3 Å². The van der Waals surface area contributed by atoms with Gasteiger partial charge in [-0.25, -0.2) is 0 Å². The van der Waals surface area contributed by atoms with E-state index < -0.39 is 0 Å². The van der Waals surface area contributed by atoms with Gasteiger partial charge in [0.1, 0.15) is 5.75 Å². The first kappa shape index (κ1) is 13.7. The van der Waals surface area contributed by atoms with Crippen molar-refractivity contribution in [2.45, 2.75) is 13.5 Å². The summed E-state index contributed by atoms with van der Waals surface area (Å²) in [6.45, 7) is 2.92. The van der Waals surface area contributed by atoms with E-state index >= 15 is 0 Å². The minimum Gasteiger partial charge on any atom is -0.494 e. The van der Waals surface area contributed by atoms with Crippen molar-refractivity contribution in [2.24, 2.45) is 0 Å². The molecule has 0 spiro atoms. The number of rotatable bonds is 4. The van der Waals surface area contributed by atoms with Crippen molar-refractivity contribution in [3.8, 4) is 5.75 Å². The highest BCUT2D eigenvalue weighted by atomic mass is 79.9. The lowest BCUT2D eigenvalue weighted by atomic mass is 10.1. The van der Waals surface area contributed by atoms with Crippen molar-refractivity contribution in [1.82, 2.24) is 4.57 Å². The molecule has 0 aliphatic rings. The number of hydrogen-bond donors (Lipinski definition) is 1. The molecular weight excluding hydrogens is 308 g/mol. The van der Waals surface area contributed by atoms with Crippen LogP contribution >= 0.6 is 15.9 Å². The predicted octanol–water partition coefficient (Wildman–Crippen LogP) is 2.64. The Morgan fingerprint density at radius 1 is 1.37 bits per heavy atom. The molecule has 2 rings (SSSR count). The fourth-order valence-electron chi connectivity index (χ4n) is 1.83. The molecule has 5 heteroatoms. The number of pyridine rings is 1. The van der Waals surface area contributed by atoms with Crippen LogP contribution in [0.2, 0.25) is 0 Å². The molecule has 0 unspecified atom stereocenters. The Kier molecular flexibility index (Phi) is 4.27. The van der Waals surface area contributed by atoms with Gasteiger partial charge in [-0.3, -0.25) is 4.79 Å². The van der Waals surface area contributed by atoms with Crippen LogP contribution in [0.1, 0.15) is 12.5 Å². The number of hydrogen-bond acceptors (Lipinski definition) is 3. The monoisotopic (exact) mass is 322 g/mol. The van der Waals surface area contributed by atoms with E-state index in [4.69, 9.17) is 10.5 Å². The number of halogens is 1. The lowest BCUT2D eigenvalue weighted by Gasteiger charge is -2.12. The van der Waals surface area contributed by atoms with Crippen LogP contribution in [-0.2, 0) is 6.54 Å². The van der Waals surface area contributed by atoms with Crippen molar-refractivity contribution < 1.29 is 4.74 Å². The Balaban J connectivity index is 2.39. The van der Waals surface area contributed by atoms with Gasteiger partial charge in [-0.15, -0.1) is 0 Å². The van der Waals surface area contributed by atoms with Gasteiger partial charge >= 0.3 is 0 Å². The maximum absolute atomic E-state index is 12.0. The standard InChI is InChI=1S/C14H15BrN2O2/c1-2-19-13-6-5-11(16)8-10(13)9-17-7-3-4-12(15)14(17)18/h3-8H,2,9,16H2,1H3. The fraction of sp³-hybridized carbons (Fsp3) is 0.214. The van der Waals surface area contributed by atoms with Crippen LogP contribution in [-0.4, -0.2) is 11.2 Å². The largest absolute Gasteiger partial charge is 0.494 e. The zero-order chi connectivity index (χ0) is 13.8. The summed E-state index contributed by atoms with van der Waals surface area (Å²) in [5.74, 6) is 0.753. The molecule has 19 heavy (non-hydrogen) atoms. The van der Waals surface area contributed by atoms with Crippen LogP contribution in [0.15, 0.2) is 45.8 Å². The molecule has 1 aromatic heterocycles. The smallest absolute Gasteiger partial charge is 0.265 e. The van der Waals surface area contributed by atoms with Crippen molar-refractivity contribution in [1.29, 1.82) is 0 Å². The first-order valence-electron chi connectivity index (χ1n) is 5.98. The molecule has 1 aromatic carbocycles. The summed E-state index contributed by atoms with van der Waals surface area (Å²) in [4.78, 5) is 12.0. The van der Waals surface area contributed by atoms with E-state index in [0.29, 0.717) is 23.3 Å². The van der Waals surface area contributed by atoms with E-state index in [-0.39, 0.29) is 5.56 Å². The van der Waals surface area contributed by atoms with Gasteiger partial charge in [0.2, 0.25) is 0 Å². The molecule has 0 radical (unpaired) electrons. The summed E-state index contributed by atoms with van der Waals surface area (Å²) in [7, 11) is 0. The predicted molar refractivity (Wildman–Crippen MR) is 79.5 cm³/mol. The third-order valence-corrected chi connectivity index (χ3v) is 3.30. The number of aromatic nitrogens is 1. The molecule has 0 amide bonds. The third kappa shape index (κ3) is 3.17. The average molecular weight is 323 g/mol. The molecule has 4 nitrogen and oxygen atoms in total. The van der Waals surface area contributed by atoms with Crippen LogP contribution in [0.4, 0.5) is 5.69 Å². The van der Waals surface area contributed by atoms with Gasteiger partial charge in [0, 0.05) is 17.4 Å². The summed E-state index contributed by atoms with van der Waals surface area (Å²) < 4.78 is 7.70. The molecule has 0 aliphatic heterocycles. The van der Waals surface area contributed by atoms with Crippen LogP contribution < -0.4 is 16.0 Å². The maximum Gasteiger partial charge on any atom is 0.265 e. The van der Waals surface area contributed by atoms with Gasteiger partial charge in [-0.05, 0) is 53.2 Å². The summed E-state index contributed by atoms with van der Waals surface area (Å²) in [6.07, 6.45) is 1.74. The summed E-state index contributed by atoms with van der Waals surface area (Å²) in [5.41, 5.74) is 7.26. The molecule has 1 heterocycles. The van der Waals surface area contributed by atoms with Gasteiger partial charge in [0.25, 0.3) is 5.56 Å². The molecule has 100 valence electrons. The van der Waals surface area contributed by atoms with Gasteiger partial charge in [0.15, 0.2) is 0 Å². The molecular formula is C14H15BrN2O2. The first-order chi connectivity index (χ1) is 9.11. The fourth-order valence-corrected chi connectivity index (χ4v) is 2.22. The minimum absolute atomic E-state index is 0.0765. The maximum atomic E-state index is 12.0. The number of nitrogens with two attached hydrogens (primary N) is 1. The molecule has 2 N–H and O–H groups in total. The van der Waals surface area contributed by atoms with E-state index in [1.54, 1.807) is 22.9 Å². The van der Waals surface area contributed by atoms with Crippen LogP contribution in [0.25, 0.3) is 0 Å². The van der Waals surface area contributed by atoms with Crippen LogP contribution in [0.5, 0.6) is 5.75 Å². The topological polar surface area (TPSA) is 57.2 Å². The number of nitrogen functional groups attached to an aromatic ring is 1. The SMILES string of the molecule is CCOc1ccc(N)cc1Cn1cccc(Br)c1=O. The first-order valence-corrected chi connectivity index (χ1v) is 6.77. The normalized spacial score (nSPS) is 10.4. The summed E-state index contributed by atoms with van der Waals surface area (Å²) in [5, 5.41) is 0. The van der Waals surface area contributed by atoms with Crippen molar-refractivity contribution >= 4 is 21.6 Å². The van der Waals surface area contributed by atoms with Gasteiger partial charge < -0.3 is 15.0 Å². The van der Waals surface area contributed by atoms with Gasteiger partial charge in [-0.2, -0.15) is 0 Å². The van der Waals surface area contributed by atoms with E-state index in [2.05, 4.69) is 15.9 Å². The zero-order valence-corrected chi connectivity index (χ0v) is 12.2.